The highest BCUT2D eigenvalue weighted by atomic mass is 79.9. The van der Waals surface area contributed by atoms with E-state index < -0.39 is 5.97 Å². The molecule has 104 valence electrons. The van der Waals surface area contributed by atoms with Crippen LogP contribution in [0.5, 0.6) is 0 Å². The summed E-state index contributed by atoms with van der Waals surface area (Å²) in [5.41, 5.74) is 8.15. The molecular formula is C14H12BrFN2O2. The van der Waals surface area contributed by atoms with Gasteiger partial charge >= 0.3 is 5.97 Å². The fourth-order valence-electron chi connectivity index (χ4n) is 1.72. The molecule has 4 nitrogen and oxygen atoms in total. The second kappa shape index (κ2) is 5.50. The molecule has 0 aliphatic heterocycles. The number of nitrogens with one attached hydrogen (secondary N) is 1. The van der Waals surface area contributed by atoms with Crippen molar-refractivity contribution in [2.24, 2.45) is 0 Å². The number of hydrogen-bond acceptors (Lipinski definition) is 3. The van der Waals surface area contributed by atoms with Crippen molar-refractivity contribution in [2.75, 3.05) is 11.1 Å². The third-order valence-corrected chi connectivity index (χ3v) is 3.44. The lowest BCUT2D eigenvalue weighted by atomic mass is 10.1. The van der Waals surface area contributed by atoms with Crippen molar-refractivity contribution in [1.29, 1.82) is 0 Å². The third-order valence-electron chi connectivity index (χ3n) is 2.84. The Labute approximate surface area is 123 Å². The molecule has 2 aromatic carbocycles. The fraction of sp³-hybridized carbons (Fsp3) is 0.0714. The van der Waals surface area contributed by atoms with Crippen LogP contribution in [0.2, 0.25) is 0 Å². The summed E-state index contributed by atoms with van der Waals surface area (Å²) in [6, 6.07) is 7.34. The summed E-state index contributed by atoms with van der Waals surface area (Å²) in [6.07, 6.45) is 0. The van der Waals surface area contributed by atoms with Crippen LogP contribution in [0.25, 0.3) is 0 Å². The number of benzene rings is 2. The lowest BCUT2D eigenvalue weighted by molar-refractivity contribution is 0.0697. The van der Waals surface area contributed by atoms with Crippen molar-refractivity contribution in [3.8, 4) is 0 Å². The van der Waals surface area contributed by atoms with E-state index in [1.807, 2.05) is 0 Å². The van der Waals surface area contributed by atoms with Crippen LogP contribution >= 0.6 is 15.9 Å². The molecule has 2 rings (SSSR count). The number of nitrogen functional groups attached to an aromatic ring is 1. The molecule has 0 aliphatic rings. The summed E-state index contributed by atoms with van der Waals surface area (Å²) in [7, 11) is 0. The van der Waals surface area contributed by atoms with Crippen LogP contribution in [-0.2, 0) is 0 Å². The Kier molecular flexibility index (Phi) is 3.94. The van der Waals surface area contributed by atoms with Crippen molar-refractivity contribution >= 4 is 39.0 Å². The van der Waals surface area contributed by atoms with Crippen molar-refractivity contribution in [3.63, 3.8) is 0 Å². The molecule has 0 aromatic heterocycles. The molecule has 6 heteroatoms. The number of anilines is 3. The molecule has 0 unspecified atom stereocenters. The van der Waals surface area contributed by atoms with Gasteiger partial charge in [-0.1, -0.05) is 0 Å². The molecular weight excluding hydrogens is 327 g/mol. The second-order valence-corrected chi connectivity index (χ2v) is 5.17. The third kappa shape index (κ3) is 2.91. The first-order chi connectivity index (χ1) is 9.38. The van der Waals surface area contributed by atoms with E-state index >= 15 is 0 Å². The van der Waals surface area contributed by atoms with Gasteiger partial charge in [0, 0.05) is 5.69 Å². The van der Waals surface area contributed by atoms with Gasteiger partial charge in [0.05, 0.1) is 21.4 Å². The van der Waals surface area contributed by atoms with E-state index in [4.69, 9.17) is 10.8 Å². The van der Waals surface area contributed by atoms with Gasteiger partial charge in [0.1, 0.15) is 5.82 Å². The summed E-state index contributed by atoms with van der Waals surface area (Å²) >= 11 is 3.11. The first-order valence-corrected chi connectivity index (χ1v) is 6.53. The van der Waals surface area contributed by atoms with E-state index in [0.717, 1.165) is 0 Å². The van der Waals surface area contributed by atoms with E-state index in [9.17, 15) is 9.18 Å². The Bertz CT molecular complexity index is 689. The van der Waals surface area contributed by atoms with Gasteiger partial charge in [-0.2, -0.15) is 0 Å². The number of aryl methyl sites for hydroxylation is 1. The number of hydrogen-bond donors (Lipinski definition) is 3. The van der Waals surface area contributed by atoms with E-state index in [0.29, 0.717) is 27.1 Å². The highest BCUT2D eigenvalue weighted by Crippen LogP contribution is 2.29. The Morgan fingerprint density at radius 1 is 1.30 bits per heavy atom. The highest BCUT2D eigenvalue weighted by molar-refractivity contribution is 9.10. The average Bonchev–Trinajstić information content (AvgIpc) is 2.38. The van der Waals surface area contributed by atoms with Crippen LogP contribution in [0.1, 0.15) is 15.9 Å². The monoisotopic (exact) mass is 338 g/mol. The number of carbonyl (C=O) groups is 1. The van der Waals surface area contributed by atoms with Gasteiger partial charge in [0.2, 0.25) is 0 Å². The minimum Gasteiger partial charge on any atom is -0.478 e. The molecule has 0 aliphatic carbocycles. The van der Waals surface area contributed by atoms with Crippen molar-refractivity contribution in [3.05, 3.63) is 51.7 Å². The summed E-state index contributed by atoms with van der Waals surface area (Å²) < 4.78 is 13.7. The molecule has 0 bridgehead atoms. The molecule has 0 heterocycles. The van der Waals surface area contributed by atoms with Crippen LogP contribution in [0.4, 0.5) is 21.5 Å². The topological polar surface area (TPSA) is 75.3 Å². The van der Waals surface area contributed by atoms with Gasteiger partial charge in [-0.05, 0) is 58.7 Å². The quantitative estimate of drug-likeness (QED) is 0.741. The zero-order chi connectivity index (χ0) is 14.9. The van der Waals surface area contributed by atoms with Crippen LogP contribution in [0, 0.1) is 12.7 Å². The Balaban J connectivity index is 2.42. The zero-order valence-corrected chi connectivity index (χ0v) is 12.2. The maximum absolute atomic E-state index is 13.4. The minimum atomic E-state index is -1.04. The van der Waals surface area contributed by atoms with Crippen LogP contribution in [0.3, 0.4) is 0 Å². The number of aromatic carboxylic acids is 1. The van der Waals surface area contributed by atoms with E-state index in [1.54, 1.807) is 13.0 Å². The van der Waals surface area contributed by atoms with E-state index in [1.165, 1.54) is 24.3 Å². The summed E-state index contributed by atoms with van der Waals surface area (Å²) in [5, 5.41) is 12.0. The van der Waals surface area contributed by atoms with E-state index in [2.05, 4.69) is 21.2 Å². The predicted octanol–water partition coefficient (Wildman–Crippen LogP) is 3.92. The number of nitrogens with two attached hydrogens (primary N) is 1. The van der Waals surface area contributed by atoms with Gasteiger partial charge < -0.3 is 16.2 Å². The summed E-state index contributed by atoms with van der Waals surface area (Å²) in [5.74, 6) is -1.40. The van der Waals surface area contributed by atoms with Gasteiger partial charge in [-0.3, -0.25) is 0 Å². The zero-order valence-electron chi connectivity index (χ0n) is 10.6. The molecule has 0 saturated carbocycles. The smallest absolute Gasteiger partial charge is 0.335 e. The molecule has 0 radical (unpaired) electrons. The number of halogens is 2. The summed E-state index contributed by atoms with van der Waals surface area (Å²) in [4.78, 5) is 11.0. The number of rotatable bonds is 3. The first kappa shape index (κ1) is 14.3. The van der Waals surface area contributed by atoms with Gasteiger partial charge in [0.15, 0.2) is 0 Å². The lowest BCUT2D eigenvalue weighted by Gasteiger charge is -2.13. The standard InChI is InChI=1S/C14H12BrFN2O2/c1-7-4-10(16)9(15)6-12(7)18-13-5-8(14(19)20)2-3-11(13)17/h2-6,18H,17H2,1H3,(H,19,20). The van der Waals surface area contributed by atoms with Crippen LogP contribution in [-0.4, -0.2) is 11.1 Å². The number of carboxylic acid groups (broad SMARTS) is 1. The van der Waals surface area contributed by atoms with Crippen molar-refractivity contribution in [1.82, 2.24) is 0 Å². The predicted molar refractivity (Wildman–Crippen MR) is 79.9 cm³/mol. The normalized spacial score (nSPS) is 10.3. The fourth-order valence-corrected chi connectivity index (χ4v) is 2.07. The molecule has 4 N–H and O–H groups in total. The van der Waals surface area contributed by atoms with Crippen molar-refractivity contribution < 1.29 is 14.3 Å². The van der Waals surface area contributed by atoms with Crippen LogP contribution < -0.4 is 11.1 Å². The summed E-state index contributed by atoms with van der Waals surface area (Å²) in [6.45, 7) is 1.75. The molecule has 0 spiro atoms. The molecule has 20 heavy (non-hydrogen) atoms. The Morgan fingerprint density at radius 2 is 2.00 bits per heavy atom. The van der Waals surface area contributed by atoms with Gasteiger partial charge in [-0.25, -0.2) is 9.18 Å². The molecule has 0 atom stereocenters. The highest BCUT2D eigenvalue weighted by Gasteiger charge is 2.10. The molecule has 2 aromatic rings. The van der Waals surface area contributed by atoms with Crippen LogP contribution in [0.15, 0.2) is 34.8 Å². The maximum Gasteiger partial charge on any atom is 0.335 e. The number of carboxylic acids is 1. The molecule has 0 fully saturated rings. The Morgan fingerprint density at radius 3 is 2.65 bits per heavy atom. The molecule has 0 saturated heterocycles. The Hall–Kier alpha value is -2.08. The molecule has 0 amide bonds. The lowest BCUT2D eigenvalue weighted by Crippen LogP contribution is -2.02. The largest absolute Gasteiger partial charge is 0.478 e. The van der Waals surface area contributed by atoms with Crippen molar-refractivity contribution in [2.45, 2.75) is 6.92 Å². The minimum absolute atomic E-state index is 0.125. The average molecular weight is 339 g/mol. The van der Waals surface area contributed by atoms with Gasteiger partial charge in [-0.15, -0.1) is 0 Å². The first-order valence-electron chi connectivity index (χ1n) is 5.74. The SMILES string of the molecule is Cc1cc(F)c(Br)cc1Nc1cc(C(=O)O)ccc1N. The van der Waals surface area contributed by atoms with Gasteiger partial charge in [0.25, 0.3) is 0 Å². The maximum atomic E-state index is 13.4. The van der Waals surface area contributed by atoms with E-state index in [-0.39, 0.29) is 11.4 Å². The second-order valence-electron chi connectivity index (χ2n) is 4.31.